The number of sulfonamides is 1. The SMILES string of the molecule is Cn1nnc(Br)c1S(=O)(=O)NC1CC=CCC1. The van der Waals surface area contributed by atoms with Crippen molar-refractivity contribution in [1.29, 1.82) is 0 Å². The molecule has 6 nitrogen and oxygen atoms in total. The van der Waals surface area contributed by atoms with Crippen molar-refractivity contribution in [1.82, 2.24) is 19.7 Å². The van der Waals surface area contributed by atoms with Gasteiger partial charge in [-0.15, -0.1) is 5.10 Å². The maximum absolute atomic E-state index is 12.1. The first-order valence-electron chi connectivity index (χ1n) is 5.23. The van der Waals surface area contributed by atoms with E-state index in [1.807, 2.05) is 6.08 Å². The molecule has 1 unspecified atom stereocenters. The molecule has 0 radical (unpaired) electrons. The fourth-order valence-corrected chi connectivity index (χ4v) is 4.16. The van der Waals surface area contributed by atoms with Crippen molar-refractivity contribution < 1.29 is 8.42 Å². The Kier molecular flexibility index (Phi) is 3.64. The topological polar surface area (TPSA) is 76.9 Å². The molecule has 0 saturated heterocycles. The highest BCUT2D eigenvalue weighted by Crippen LogP contribution is 2.20. The van der Waals surface area contributed by atoms with Crippen LogP contribution in [0.5, 0.6) is 0 Å². The van der Waals surface area contributed by atoms with Gasteiger partial charge in [0.1, 0.15) is 0 Å². The molecule has 1 N–H and O–H groups in total. The highest BCUT2D eigenvalue weighted by molar-refractivity contribution is 9.10. The Morgan fingerprint density at radius 3 is 2.82 bits per heavy atom. The molecule has 1 aromatic rings. The second-order valence-electron chi connectivity index (χ2n) is 3.91. The van der Waals surface area contributed by atoms with E-state index >= 15 is 0 Å². The summed E-state index contributed by atoms with van der Waals surface area (Å²) in [7, 11) is -2.02. The monoisotopic (exact) mass is 320 g/mol. The zero-order chi connectivity index (χ0) is 12.5. The third-order valence-electron chi connectivity index (χ3n) is 2.58. The van der Waals surface area contributed by atoms with E-state index in [0.29, 0.717) is 0 Å². The van der Waals surface area contributed by atoms with Gasteiger partial charge in [-0.25, -0.2) is 17.8 Å². The zero-order valence-corrected chi connectivity index (χ0v) is 11.7. The zero-order valence-electron chi connectivity index (χ0n) is 9.30. The third-order valence-corrected chi connectivity index (χ3v) is 4.99. The Balaban J connectivity index is 2.22. The standard InChI is InChI=1S/C9H13BrN4O2S/c1-14-9(8(10)11-13-14)17(15,16)12-7-5-3-2-4-6-7/h2-3,7,12H,4-6H2,1H3. The van der Waals surface area contributed by atoms with Crippen LogP contribution in [0.3, 0.4) is 0 Å². The smallest absolute Gasteiger partial charge is 0.235 e. The lowest BCUT2D eigenvalue weighted by Gasteiger charge is -2.19. The fraction of sp³-hybridized carbons (Fsp3) is 0.556. The highest BCUT2D eigenvalue weighted by Gasteiger charge is 2.26. The first-order valence-corrected chi connectivity index (χ1v) is 7.51. The van der Waals surface area contributed by atoms with Crippen molar-refractivity contribution >= 4 is 26.0 Å². The third kappa shape index (κ3) is 2.75. The minimum Gasteiger partial charge on any atom is -0.235 e. The van der Waals surface area contributed by atoms with E-state index in [1.165, 1.54) is 4.68 Å². The van der Waals surface area contributed by atoms with Crippen LogP contribution in [0.25, 0.3) is 0 Å². The maximum Gasteiger partial charge on any atom is 0.260 e. The number of aryl methyl sites for hydroxylation is 1. The number of nitrogens with one attached hydrogen (secondary N) is 1. The predicted octanol–water partition coefficient (Wildman–Crippen LogP) is 0.965. The molecule has 1 aliphatic carbocycles. The lowest BCUT2D eigenvalue weighted by Crippen LogP contribution is -2.36. The van der Waals surface area contributed by atoms with Gasteiger partial charge in [0.2, 0.25) is 5.03 Å². The minimum atomic E-state index is -3.57. The molecule has 17 heavy (non-hydrogen) atoms. The summed E-state index contributed by atoms with van der Waals surface area (Å²) in [5.41, 5.74) is 0. The van der Waals surface area contributed by atoms with E-state index in [-0.39, 0.29) is 15.7 Å². The van der Waals surface area contributed by atoms with Crippen molar-refractivity contribution in [2.75, 3.05) is 0 Å². The molecule has 8 heteroatoms. The number of nitrogens with zero attached hydrogens (tertiary/aromatic N) is 3. The van der Waals surface area contributed by atoms with Gasteiger partial charge in [-0.2, -0.15) is 0 Å². The van der Waals surface area contributed by atoms with Crippen LogP contribution in [-0.2, 0) is 17.1 Å². The van der Waals surface area contributed by atoms with Gasteiger partial charge in [0.15, 0.2) is 4.60 Å². The Morgan fingerprint density at radius 1 is 1.53 bits per heavy atom. The average molecular weight is 321 g/mol. The normalized spacial score (nSPS) is 20.7. The molecule has 1 atom stereocenters. The summed E-state index contributed by atoms with van der Waals surface area (Å²) in [4.78, 5) is 0. The van der Waals surface area contributed by atoms with Gasteiger partial charge < -0.3 is 0 Å². The van der Waals surface area contributed by atoms with Gasteiger partial charge in [0.25, 0.3) is 10.0 Å². The molecular formula is C9H13BrN4O2S. The second kappa shape index (κ2) is 4.87. The minimum absolute atomic E-state index is 0.0493. The molecule has 0 aliphatic heterocycles. The van der Waals surface area contributed by atoms with Crippen LogP contribution >= 0.6 is 15.9 Å². The summed E-state index contributed by atoms with van der Waals surface area (Å²) in [5, 5.41) is 7.40. The lowest BCUT2D eigenvalue weighted by molar-refractivity contribution is 0.512. The molecule has 0 spiro atoms. The maximum atomic E-state index is 12.1. The molecule has 2 rings (SSSR count). The van der Waals surface area contributed by atoms with E-state index in [9.17, 15) is 8.42 Å². The molecule has 0 amide bonds. The molecule has 0 saturated carbocycles. The number of rotatable bonds is 3. The van der Waals surface area contributed by atoms with Crippen LogP contribution in [0, 0.1) is 0 Å². The second-order valence-corrected chi connectivity index (χ2v) is 6.29. The molecule has 0 aromatic carbocycles. The summed E-state index contributed by atoms with van der Waals surface area (Å²) in [6.45, 7) is 0. The summed E-state index contributed by atoms with van der Waals surface area (Å²) in [6.07, 6.45) is 6.50. The Bertz CT molecular complexity index is 518. The first kappa shape index (κ1) is 12.7. The van der Waals surface area contributed by atoms with E-state index in [0.717, 1.165) is 19.3 Å². The summed E-state index contributed by atoms with van der Waals surface area (Å²) in [6, 6.07) is -0.0493. The van der Waals surface area contributed by atoms with E-state index < -0.39 is 10.0 Å². The summed E-state index contributed by atoms with van der Waals surface area (Å²) < 4.78 is 28.4. The Labute approximate surface area is 108 Å². The average Bonchev–Trinajstić information content (AvgIpc) is 2.59. The van der Waals surface area contributed by atoms with Crippen LogP contribution in [0.1, 0.15) is 19.3 Å². The van der Waals surface area contributed by atoms with Gasteiger partial charge in [-0.3, -0.25) is 0 Å². The van der Waals surface area contributed by atoms with Crippen LogP contribution in [0.4, 0.5) is 0 Å². The van der Waals surface area contributed by atoms with Gasteiger partial charge in [0, 0.05) is 13.1 Å². The molecule has 1 aromatic heterocycles. The molecule has 1 aliphatic rings. The number of allylic oxidation sites excluding steroid dienone is 1. The van der Waals surface area contributed by atoms with Crippen molar-refractivity contribution in [3.63, 3.8) is 0 Å². The van der Waals surface area contributed by atoms with E-state index in [1.54, 1.807) is 7.05 Å². The van der Waals surface area contributed by atoms with Crippen LogP contribution in [0.2, 0.25) is 0 Å². The lowest BCUT2D eigenvalue weighted by atomic mass is 10.0. The Hall–Kier alpha value is -0.730. The van der Waals surface area contributed by atoms with Crippen molar-refractivity contribution in [3.8, 4) is 0 Å². The summed E-state index contributed by atoms with van der Waals surface area (Å²) in [5.74, 6) is 0. The van der Waals surface area contributed by atoms with Gasteiger partial charge in [-0.05, 0) is 35.2 Å². The van der Waals surface area contributed by atoms with Gasteiger partial charge >= 0.3 is 0 Å². The van der Waals surface area contributed by atoms with E-state index in [4.69, 9.17) is 0 Å². The molecule has 0 fully saturated rings. The van der Waals surface area contributed by atoms with Crippen molar-refractivity contribution in [3.05, 3.63) is 16.8 Å². The first-order chi connectivity index (χ1) is 8.00. The van der Waals surface area contributed by atoms with Crippen molar-refractivity contribution in [2.24, 2.45) is 7.05 Å². The van der Waals surface area contributed by atoms with Gasteiger partial charge in [0.05, 0.1) is 0 Å². The molecule has 94 valence electrons. The van der Waals surface area contributed by atoms with Crippen molar-refractivity contribution in [2.45, 2.75) is 30.3 Å². The van der Waals surface area contributed by atoms with Crippen LogP contribution in [0.15, 0.2) is 21.8 Å². The quantitative estimate of drug-likeness (QED) is 0.842. The summed E-state index contributed by atoms with van der Waals surface area (Å²) >= 11 is 3.09. The van der Waals surface area contributed by atoms with Crippen LogP contribution < -0.4 is 4.72 Å². The number of halogens is 1. The molecule has 0 bridgehead atoms. The highest BCUT2D eigenvalue weighted by atomic mass is 79.9. The number of hydrogen-bond acceptors (Lipinski definition) is 4. The largest absolute Gasteiger partial charge is 0.260 e. The number of aromatic nitrogens is 3. The van der Waals surface area contributed by atoms with Gasteiger partial charge in [-0.1, -0.05) is 17.4 Å². The Morgan fingerprint density at radius 2 is 2.29 bits per heavy atom. The molecular weight excluding hydrogens is 308 g/mol. The molecule has 1 heterocycles. The van der Waals surface area contributed by atoms with E-state index in [2.05, 4.69) is 37.0 Å². The fourth-order valence-electron chi connectivity index (χ4n) is 1.78. The van der Waals surface area contributed by atoms with Crippen LogP contribution in [-0.4, -0.2) is 29.5 Å². The number of hydrogen-bond donors (Lipinski definition) is 1. The predicted molar refractivity (Wildman–Crippen MR) is 65.8 cm³/mol.